The third-order valence-corrected chi connectivity index (χ3v) is 3.68. The molecule has 0 aliphatic carbocycles. The summed E-state index contributed by atoms with van der Waals surface area (Å²) < 4.78 is 23.0. The second kappa shape index (κ2) is 5.60. The number of halogens is 1. The maximum Gasteiger partial charge on any atom is 0.241 e. The van der Waals surface area contributed by atoms with E-state index in [4.69, 9.17) is 15.7 Å². The number of benzene rings is 1. The van der Waals surface area contributed by atoms with E-state index in [1.165, 1.54) is 24.3 Å². The van der Waals surface area contributed by atoms with Gasteiger partial charge in [-0.15, -0.1) is 0 Å². The van der Waals surface area contributed by atoms with Crippen LogP contribution >= 0.6 is 15.9 Å². The molecule has 1 rings (SSSR count). The van der Waals surface area contributed by atoms with Gasteiger partial charge in [0.1, 0.15) is 17.0 Å². The molecule has 0 unspecified atom stereocenters. The molecular weight excluding hydrogens is 322 g/mol. The Morgan fingerprint density at radius 2 is 2.00 bits per heavy atom. The van der Waals surface area contributed by atoms with Crippen molar-refractivity contribution in [2.75, 3.05) is 5.43 Å². The van der Waals surface area contributed by atoms with Crippen LogP contribution < -0.4 is 10.6 Å². The summed E-state index contributed by atoms with van der Waals surface area (Å²) in [6.45, 7) is 0. The van der Waals surface area contributed by atoms with Crippen LogP contribution in [-0.4, -0.2) is 14.1 Å². The highest BCUT2D eigenvalue weighted by Crippen LogP contribution is 2.28. The number of nitrogens with zero attached hydrogens (tertiary/aromatic N) is 3. The van der Waals surface area contributed by atoms with Crippen LogP contribution in [0.4, 0.5) is 5.69 Å². The maximum atomic E-state index is 11.4. The monoisotopic (exact) mass is 327 g/mol. The van der Waals surface area contributed by atoms with E-state index in [-0.39, 0.29) is 15.1 Å². The number of hydrogen-bond donors (Lipinski definition) is 2. The van der Waals surface area contributed by atoms with Crippen molar-refractivity contribution in [2.45, 2.75) is 4.90 Å². The Balaban J connectivity index is 3.29. The van der Waals surface area contributed by atoms with E-state index in [1.54, 1.807) is 6.07 Å². The van der Waals surface area contributed by atoms with E-state index in [2.05, 4.69) is 26.5 Å². The zero-order chi connectivity index (χ0) is 13.8. The lowest BCUT2D eigenvalue weighted by molar-refractivity contribution is 0.597. The van der Waals surface area contributed by atoms with Crippen LogP contribution in [0.5, 0.6) is 0 Å². The molecule has 0 atom stereocenters. The standard InChI is InChI=1S/C9H6BrN5O2S/c10-7-2-1-3-8(9(7)18(13,16)17)15-14-6(4-11)5-12/h1-3,15H,(H2,13,16,17). The first-order chi connectivity index (χ1) is 8.40. The van der Waals surface area contributed by atoms with E-state index in [1.807, 2.05) is 0 Å². The van der Waals surface area contributed by atoms with Crippen LogP contribution in [0.2, 0.25) is 0 Å². The number of anilines is 1. The van der Waals surface area contributed by atoms with Crippen LogP contribution in [0.1, 0.15) is 0 Å². The molecule has 0 radical (unpaired) electrons. The van der Waals surface area contributed by atoms with Gasteiger partial charge in [0.15, 0.2) is 0 Å². The average molecular weight is 328 g/mol. The molecule has 0 heterocycles. The molecule has 7 nitrogen and oxygen atoms in total. The molecule has 0 amide bonds. The van der Waals surface area contributed by atoms with Gasteiger partial charge in [-0.1, -0.05) is 6.07 Å². The minimum atomic E-state index is -3.97. The molecule has 0 fully saturated rings. The Morgan fingerprint density at radius 3 is 2.50 bits per heavy atom. The number of hydrogen-bond acceptors (Lipinski definition) is 6. The minimum Gasteiger partial charge on any atom is -0.275 e. The molecule has 1 aromatic rings. The summed E-state index contributed by atoms with van der Waals surface area (Å²) in [5.41, 5.74) is 1.95. The summed E-state index contributed by atoms with van der Waals surface area (Å²) in [4.78, 5) is -0.205. The van der Waals surface area contributed by atoms with E-state index in [9.17, 15) is 8.42 Å². The fourth-order valence-electron chi connectivity index (χ4n) is 1.08. The molecule has 0 aliphatic heterocycles. The molecular formula is C9H6BrN5O2S. The van der Waals surface area contributed by atoms with Gasteiger partial charge in [-0.3, -0.25) is 5.43 Å². The van der Waals surface area contributed by atoms with Gasteiger partial charge in [0.2, 0.25) is 15.7 Å². The van der Waals surface area contributed by atoms with E-state index >= 15 is 0 Å². The maximum absolute atomic E-state index is 11.4. The van der Waals surface area contributed by atoms with Crippen molar-refractivity contribution in [1.29, 1.82) is 10.5 Å². The summed E-state index contributed by atoms with van der Waals surface area (Å²) in [5.74, 6) is 0. The Kier molecular flexibility index (Phi) is 4.39. The Hall–Kier alpha value is -1.94. The number of hydrazone groups is 1. The quantitative estimate of drug-likeness (QED) is 0.628. The fourth-order valence-corrected chi connectivity index (χ4v) is 2.88. The average Bonchev–Trinajstić information content (AvgIpc) is 2.28. The minimum absolute atomic E-state index is 0.0647. The predicted molar refractivity (Wildman–Crippen MR) is 67.8 cm³/mol. The number of nitrogens with two attached hydrogens (primary N) is 1. The number of nitriles is 2. The normalized spacial score (nSPS) is 10.0. The first-order valence-corrected chi connectivity index (χ1v) is 6.69. The molecule has 0 aromatic heterocycles. The van der Waals surface area contributed by atoms with Crippen molar-refractivity contribution in [1.82, 2.24) is 0 Å². The molecule has 0 saturated carbocycles. The van der Waals surface area contributed by atoms with Gasteiger partial charge in [0.25, 0.3) is 0 Å². The predicted octanol–water partition coefficient (Wildman–Crippen LogP) is 0.912. The smallest absolute Gasteiger partial charge is 0.241 e. The SMILES string of the molecule is N#CC(C#N)=NNc1cccc(Br)c1S(N)(=O)=O. The lowest BCUT2D eigenvalue weighted by Gasteiger charge is -2.08. The summed E-state index contributed by atoms with van der Waals surface area (Å²) in [6.07, 6.45) is 0. The fraction of sp³-hybridized carbons (Fsp3) is 0. The summed E-state index contributed by atoms with van der Waals surface area (Å²) in [6, 6.07) is 7.50. The van der Waals surface area contributed by atoms with E-state index < -0.39 is 15.7 Å². The second-order valence-corrected chi connectivity index (χ2v) is 5.31. The first kappa shape index (κ1) is 14.1. The topological polar surface area (TPSA) is 132 Å². The van der Waals surface area contributed by atoms with Crippen molar-refractivity contribution in [3.8, 4) is 12.1 Å². The molecule has 9 heteroatoms. The number of sulfonamides is 1. The van der Waals surface area contributed by atoms with Crippen LogP contribution in [0.3, 0.4) is 0 Å². The molecule has 18 heavy (non-hydrogen) atoms. The van der Waals surface area contributed by atoms with Crippen molar-refractivity contribution in [3.63, 3.8) is 0 Å². The largest absolute Gasteiger partial charge is 0.275 e. The molecule has 1 aromatic carbocycles. The van der Waals surface area contributed by atoms with Gasteiger partial charge in [-0.25, -0.2) is 13.6 Å². The second-order valence-electron chi connectivity index (χ2n) is 2.96. The van der Waals surface area contributed by atoms with Crippen LogP contribution in [0.15, 0.2) is 32.7 Å². The zero-order valence-corrected chi connectivity index (χ0v) is 11.2. The van der Waals surface area contributed by atoms with Gasteiger partial charge in [0, 0.05) is 4.47 Å². The van der Waals surface area contributed by atoms with E-state index in [0.29, 0.717) is 0 Å². The van der Waals surface area contributed by atoms with Gasteiger partial charge >= 0.3 is 0 Å². The summed E-state index contributed by atoms with van der Waals surface area (Å²) >= 11 is 3.05. The summed E-state index contributed by atoms with van der Waals surface area (Å²) in [5, 5.41) is 25.5. The lowest BCUT2D eigenvalue weighted by atomic mass is 10.3. The Labute approximate surface area is 112 Å². The summed E-state index contributed by atoms with van der Waals surface area (Å²) in [7, 11) is -3.97. The molecule has 0 spiro atoms. The molecule has 3 N–H and O–H groups in total. The van der Waals surface area contributed by atoms with Crippen molar-refractivity contribution >= 4 is 37.4 Å². The number of rotatable bonds is 3. The van der Waals surface area contributed by atoms with E-state index in [0.717, 1.165) is 0 Å². The third-order valence-electron chi connectivity index (χ3n) is 1.75. The van der Waals surface area contributed by atoms with Crippen LogP contribution in [0, 0.1) is 22.7 Å². The van der Waals surface area contributed by atoms with Crippen LogP contribution in [-0.2, 0) is 10.0 Å². The van der Waals surface area contributed by atoms with Crippen molar-refractivity contribution in [3.05, 3.63) is 22.7 Å². The van der Waals surface area contributed by atoms with Crippen molar-refractivity contribution < 1.29 is 8.42 Å². The van der Waals surface area contributed by atoms with Gasteiger partial charge < -0.3 is 0 Å². The molecule has 0 bridgehead atoms. The van der Waals surface area contributed by atoms with Gasteiger partial charge in [-0.2, -0.15) is 15.6 Å². The lowest BCUT2D eigenvalue weighted by Crippen LogP contribution is -2.15. The number of nitrogens with one attached hydrogen (secondary N) is 1. The Bertz CT molecular complexity index is 668. The highest BCUT2D eigenvalue weighted by atomic mass is 79.9. The molecule has 92 valence electrons. The van der Waals surface area contributed by atoms with Gasteiger partial charge in [-0.05, 0) is 28.1 Å². The zero-order valence-electron chi connectivity index (χ0n) is 8.75. The van der Waals surface area contributed by atoms with Gasteiger partial charge in [0.05, 0.1) is 5.69 Å². The number of primary sulfonamides is 1. The highest BCUT2D eigenvalue weighted by molar-refractivity contribution is 9.10. The molecule has 0 aliphatic rings. The first-order valence-electron chi connectivity index (χ1n) is 4.35. The van der Waals surface area contributed by atoms with Crippen molar-refractivity contribution in [2.24, 2.45) is 10.2 Å². The molecule has 0 saturated heterocycles. The highest BCUT2D eigenvalue weighted by Gasteiger charge is 2.17. The third kappa shape index (κ3) is 3.28. The van der Waals surface area contributed by atoms with Crippen LogP contribution in [0.25, 0.3) is 0 Å². The Morgan fingerprint density at radius 1 is 1.39 bits per heavy atom.